The van der Waals surface area contributed by atoms with Gasteiger partial charge in [-0.05, 0) is 42.2 Å². The molecule has 2 aromatic rings. The molecular weight excluding hydrogens is 260 g/mol. The summed E-state index contributed by atoms with van der Waals surface area (Å²) in [4.78, 5) is 0. The Labute approximate surface area is 125 Å². The van der Waals surface area contributed by atoms with Crippen molar-refractivity contribution in [1.82, 2.24) is 0 Å². The van der Waals surface area contributed by atoms with Crippen molar-refractivity contribution in [2.75, 3.05) is 0 Å². The standard InChI is InChI=1S/C19H20O2/c20-18(14-7-3-1-4-8-14)12-17-11-16(18)13-19(17,21)15-9-5-2-6-10-15/h1-10,16-17,20-21H,11-13H2/t16-,17+,18-,19-/m0/s1. The van der Waals surface area contributed by atoms with Gasteiger partial charge in [-0.15, -0.1) is 0 Å². The third kappa shape index (κ3) is 1.79. The molecule has 2 fully saturated rings. The molecule has 0 heterocycles. The fourth-order valence-corrected chi connectivity index (χ4v) is 4.48. The second kappa shape index (κ2) is 4.43. The van der Waals surface area contributed by atoms with Crippen LogP contribution in [0.2, 0.25) is 0 Å². The molecule has 0 radical (unpaired) electrons. The van der Waals surface area contributed by atoms with Crippen LogP contribution in [-0.2, 0) is 11.2 Å². The minimum atomic E-state index is -0.771. The van der Waals surface area contributed by atoms with Crippen molar-refractivity contribution in [3.05, 3.63) is 71.8 Å². The van der Waals surface area contributed by atoms with Gasteiger partial charge in [0.25, 0.3) is 0 Å². The van der Waals surface area contributed by atoms with Gasteiger partial charge in [0.05, 0.1) is 11.2 Å². The molecule has 2 aliphatic rings. The summed E-state index contributed by atoms with van der Waals surface area (Å²) in [6.45, 7) is 0. The molecule has 0 aromatic heterocycles. The van der Waals surface area contributed by atoms with Crippen LogP contribution in [0.4, 0.5) is 0 Å². The van der Waals surface area contributed by atoms with Gasteiger partial charge in [0.15, 0.2) is 0 Å². The number of benzene rings is 2. The Hall–Kier alpha value is -1.64. The lowest BCUT2D eigenvalue weighted by atomic mass is 9.70. The van der Waals surface area contributed by atoms with E-state index >= 15 is 0 Å². The van der Waals surface area contributed by atoms with E-state index in [1.165, 1.54) is 0 Å². The highest BCUT2D eigenvalue weighted by Crippen LogP contribution is 2.62. The molecule has 2 nitrogen and oxygen atoms in total. The van der Waals surface area contributed by atoms with Crippen LogP contribution in [0.15, 0.2) is 60.7 Å². The van der Waals surface area contributed by atoms with Crippen LogP contribution in [0, 0.1) is 11.8 Å². The van der Waals surface area contributed by atoms with Gasteiger partial charge < -0.3 is 10.2 Å². The van der Waals surface area contributed by atoms with E-state index in [2.05, 4.69) is 0 Å². The first-order valence-corrected chi connectivity index (χ1v) is 7.69. The second-order valence-electron chi connectivity index (χ2n) is 6.62. The average molecular weight is 280 g/mol. The van der Waals surface area contributed by atoms with Crippen LogP contribution in [-0.4, -0.2) is 10.2 Å². The normalized spacial score (nSPS) is 37.8. The summed E-state index contributed by atoms with van der Waals surface area (Å²) in [6.07, 6.45) is 2.19. The molecule has 0 unspecified atom stereocenters. The quantitative estimate of drug-likeness (QED) is 0.887. The number of hydrogen-bond donors (Lipinski definition) is 2. The van der Waals surface area contributed by atoms with Gasteiger partial charge in [-0.1, -0.05) is 60.7 Å². The number of rotatable bonds is 2. The Morgan fingerprint density at radius 2 is 1.05 bits per heavy atom. The maximum atomic E-state index is 11.1. The zero-order chi connectivity index (χ0) is 14.5. The zero-order valence-corrected chi connectivity index (χ0v) is 11.9. The highest BCUT2D eigenvalue weighted by molar-refractivity contribution is 5.33. The molecular formula is C19H20O2. The molecule has 2 N–H and O–H groups in total. The first-order valence-electron chi connectivity index (χ1n) is 7.69. The molecule has 2 aliphatic carbocycles. The monoisotopic (exact) mass is 280 g/mol. The van der Waals surface area contributed by atoms with Crippen LogP contribution in [0.5, 0.6) is 0 Å². The highest BCUT2D eigenvalue weighted by Gasteiger charge is 2.61. The number of hydrogen-bond acceptors (Lipinski definition) is 2. The van der Waals surface area contributed by atoms with Crippen molar-refractivity contribution in [2.45, 2.75) is 30.5 Å². The number of fused-ring (bicyclic) bond motifs is 2. The van der Waals surface area contributed by atoms with Gasteiger partial charge in [0.1, 0.15) is 0 Å². The number of aliphatic hydroxyl groups is 2. The van der Waals surface area contributed by atoms with Crippen molar-refractivity contribution < 1.29 is 10.2 Å². The van der Waals surface area contributed by atoms with Crippen molar-refractivity contribution in [2.24, 2.45) is 11.8 Å². The molecule has 21 heavy (non-hydrogen) atoms. The van der Waals surface area contributed by atoms with Crippen LogP contribution in [0.3, 0.4) is 0 Å². The second-order valence-corrected chi connectivity index (χ2v) is 6.62. The van der Waals surface area contributed by atoms with Gasteiger partial charge in [-0.3, -0.25) is 0 Å². The molecule has 2 saturated carbocycles. The van der Waals surface area contributed by atoms with Crippen molar-refractivity contribution in [3.8, 4) is 0 Å². The maximum Gasteiger partial charge on any atom is 0.0929 e. The van der Waals surface area contributed by atoms with E-state index < -0.39 is 11.2 Å². The molecule has 2 aromatic carbocycles. The molecule has 2 bridgehead atoms. The predicted octanol–water partition coefficient (Wildman–Crippen LogP) is 3.19. The van der Waals surface area contributed by atoms with E-state index in [0.29, 0.717) is 12.8 Å². The summed E-state index contributed by atoms with van der Waals surface area (Å²) in [6, 6.07) is 19.9. The van der Waals surface area contributed by atoms with E-state index in [0.717, 1.165) is 17.5 Å². The van der Waals surface area contributed by atoms with Crippen molar-refractivity contribution in [1.29, 1.82) is 0 Å². The minimum Gasteiger partial charge on any atom is -0.385 e. The Balaban J connectivity index is 1.67. The summed E-state index contributed by atoms with van der Waals surface area (Å²) in [5.41, 5.74) is 0.445. The Morgan fingerprint density at radius 1 is 0.667 bits per heavy atom. The lowest BCUT2D eigenvalue weighted by molar-refractivity contribution is -0.0974. The topological polar surface area (TPSA) is 40.5 Å². The van der Waals surface area contributed by atoms with E-state index in [1.807, 2.05) is 60.7 Å². The van der Waals surface area contributed by atoms with Gasteiger partial charge >= 0.3 is 0 Å². The SMILES string of the molecule is O[C@]1(c2ccccc2)C[C@@H]2C[C@@H]1C[C@]2(O)c1ccccc1. The van der Waals surface area contributed by atoms with Crippen LogP contribution in [0.1, 0.15) is 30.4 Å². The first-order chi connectivity index (χ1) is 10.1. The van der Waals surface area contributed by atoms with Crippen LogP contribution >= 0.6 is 0 Å². The minimum absolute atomic E-state index is 0.134. The molecule has 0 aliphatic heterocycles. The van der Waals surface area contributed by atoms with Gasteiger partial charge in [-0.2, -0.15) is 0 Å². The van der Waals surface area contributed by atoms with Gasteiger partial charge in [-0.25, -0.2) is 0 Å². The largest absolute Gasteiger partial charge is 0.385 e. The average Bonchev–Trinajstić information content (AvgIpc) is 3.04. The molecule has 4 atom stereocenters. The Kier molecular flexibility index (Phi) is 2.75. The van der Waals surface area contributed by atoms with Gasteiger partial charge in [0.2, 0.25) is 0 Å². The summed E-state index contributed by atoms with van der Waals surface area (Å²) < 4.78 is 0. The summed E-state index contributed by atoms with van der Waals surface area (Å²) >= 11 is 0. The van der Waals surface area contributed by atoms with E-state index in [9.17, 15) is 10.2 Å². The van der Waals surface area contributed by atoms with Crippen molar-refractivity contribution in [3.63, 3.8) is 0 Å². The summed E-state index contributed by atoms with van der Waals surface area (Å²) in [5.74, 6) is 0.269. The van der Waals surface area contributed by atoms with E-state index in [-0.39, 0.29) is 11.8 Å². The smallest absolute Gasteiger partial charge is 0.0929 e. The Morgan fingerprint density at radius 3 is 1.38 bits per heavy atom. The molecule has 0 saturated heterocycles. The van der Waals surface area contributed by atoms with E-state index in [1.54, 1.807) is 0 Å². The maximum absolute atomic E-state index is 11.1. The third-order valence-corrected chi connectivity index (χ3v) is 5.58. The molecule has 0 amide bonds. The lowest BCUT2D eigenvalue weighted by Crippen LogP contribution is -2.42. The first kappa shape index (κ1) is 13.1. The summed E-state index contributed by atoms with van der Waals surface area (Å²) in [7, 11) is 0. The highest BCUT2D eigenvalue weighted by atomic mass is 16.3. The fourth-order valence-electron chi connectivity index (χ4n) is 4.48. The van der Waals surface area contributed by atoms with Crippen LogP contribution < -0.4 is 0 Å². The van der Waals surface area contributed by atoms with Crippen molar-refractivity contribution >= 4 is 0 Å². The van der Waals surface area contributed by atoms with Crippen LogP contribution in [0.25, 0.3) is 0 Å². The lowest BCUT2D eigenvalue weighted by Gasteiger charge is -2.41. The molecule has 2 heteroatoms. The van der Waals surface area contributed by atoms with Gasteiger partial charge in [0, 0.05) is 0 Å². The Bertz CT molecular complexity index is 582. The summed E-state index contributed by atoms with van der Waals surface area (Å²) in [5, 5.41) is 22.2. The fraction of sp³-hybridized carbons (Fsp3) is 0.368. The van der Waals surface area contributed by atoms with E-state index in [4.69, 9.17) is 0 Å². The third-order valence-electron chi connectivity index (χ3n) is 5.58. The zero-order valence-electron chi connectivity index (χ0n) is 11.9. The molecule has 108 valence electrons. The molecule has 0 spiro atoms. The molecule has 4 rings (SSSR count). The predicted molar refractivity (Wildman–Crippen MR) is 81.5 cm³/mol.